The molecule has 1 fully saturated rings. The predicted octanol–water partition coefficient (Wildman–Crippen LogP) is 4.92. The average Bonchev–Trinajstić information content (AvgIpc) is 3.06. The van der Waals surface area contributed by atoms with Crippen LogP contribution in [0.25, 0.3) is 11.2 Å². The fraction of sp³-hybridized carbons (Fsp3) is 0.435. The number of aryl methyl sites for hydroxylation is 2. The summed E-state index contributed by atoms with van der Waals surface area (Å²) in [5.41, 5.74) is 4.99. The first-order valence-electron chi connectivity index (χ1n) is 10.5. The molecule has 0 aliphatic heterocycles. The minimum atomic E-state index is -0.187. The average molecular weight is 392 g/mol. The number of pyridine rings is 1. The lowest BCUT2D eigenvalue weighted by molar-refractivity contribution is 0.252. The van der Waals surface area contributed by atoms with Gasteiger partial charge in [-0.25, -0.2) is 14.8 Å². The van der Waals surface area contributed by atoms with Crippen LogP contribution in [0.15, 0.2) is 36.5 Å². The summed E-state index contributed by atoms with van der Waals surface area (Å²) in [5.74, 6) is 1.01. The second-order valence-electron chi connectivity index (χ2n) is 8.04. The van der Waals surface area contributed by atoms with Gasteiger partial charge in [-0.1, -0.05) is 25.3 Å². The summed E-state index contributed by atoms with van der Waals surface area (Å²) >= 11 is 0. The molecule has 2 aromatic heterocycles. The number of urea groups is 1. The van der Waals surface area contributed by atoms with E-state index in [0.717, 1.165) is 33.8 Å². The van der Waals surface area contributed by atoms with Gasteiger partial charge in [0.15, 0.2) is 5.65 Å². The maximum absolute atomic E-state index is 12.3. The van der Waals surface area contributed by atoms with Crippen molar-refractivity contribution in [2.45, 2.75) is 58.4 Å². The number of amides is 2. The Kier molecular flexibility index (Phi) is 5.79. The van der Waals surface area contributed by atoms with Gasteiger partial charge < -0.3 is 15.2 Å². The van der Waals surface area contributed by atoms with Crippen molar-refractivity contribution >= 4 is 22.9 Å². The number of benzene rings is 1. The third kappa shape index (κ3) is 4.58. The van der Waals surface area contributed by atoms with Crippen molar-refractivity contribution in [3.05, 3.63) is 53.5 Å². The lowest BCUT2D eigenvalue weighted by Gasteiger charge is -2.25. The number of nitrogens with one attached hydrogen (secondary N) is 2. The molecule has 0 radical (unpaired) electrons. The highest BCUT2D eigenvalue weighted by atomic mass is 16.2. The quantitative estimate of drug-likeness (QED) is 0.648. The molecule has 29 heavy (non-hydrogen) atoms. The van der Waals surface area contributed by atoms with E-state index < -0.39 is 0 Å². The molecule has 1 aromatic carbocycles. The molecule has 6 nitrogen and oxygen atoms in total. The van der Waals surface area contributed by atoms with E-state index in [1.807, 2.05) is 44.3 Å². The van der Waals surface area contributed by atoms with Crippen LogP contribution >= 0.6 is 0 Å². The van der Waals surface area contributed by atoms with E-state index in [0.29, 0.717) is 19.0 Å². The molecule has 2 heterocycles. The predicted molar refractivity (Wildman–Crippen MR) is 116 cm³/mol. The zero-order valence-corrected chi connectivity index (χ0v) is 17.2. The summed E-state index contributed by atoms with van der Waals surface area (Å²) in [4.78, 5) is 21.7. The zero-order valence-electron chi connectivity index (χ0n) is 17.2. The molecule has 1 aliphatic rings. The van der Waals surface area contributed by atoms with Gasteiger partial charge in [-0.2, -0.15) is 0 Å². The van der Waals surface area contributed by atoms with Gasteiger partial charge in [0.05, 0.1) is 0 Å². The van der Waals surface area contributed by atoms with Gasteiger partial charge in [0.1, 0.15) is 11.3 Å². The molecule has 6 heteroatoms. The summed E-state index contributed by atoms with van der Waals surface area (Å²) in [7, 11) is 0. The molecule has 3 aromatic rings. The van der Waals surface area contributed by atoms with Gasteiger partial charge in [-0.05, 0) is 62.1 Å². The molecule has 0 spiro atoms. The van der Waals surface area contributed by atoms with Crippen molar-refractivity contribution in [3.63, 3.8) is 0 Å². The summed E-state index contributed by atoms with van der Waals surface area (Å²) in [6.07, 6.45) is 8.70. The number of rotatable bonds is 5. The molecule has 1 aliphatic carbocycles. The van der Waals surface area contributed by atoms with E-state index >= 15 is 0 Å². The van der Waals surface area contributed by atoms with Crippen LogP contribution in [0.5, 0.6) is 0 Å². The Morgan fingerprint density at radius 2 is 1.90 bits per heavy atom. The van der Waals surface area contributed by atoms with E-state index in [1.165, 1.54) is 32.1 Å². The van der Waals surface area contributed by atoms with E-state index in [4.69, 9.17) is 4.98 Å². The smallest absolute Gasteiger partial charge is 0.319 e. The molecule has 0 bridgehead atoms. The number of imidazole rings is 1. The Labute approximate surface area is 171 Å². The minimum Gasteiger partial charge on any atom is -0.337 e. The molecular weight excluding hydrogens is 362 g/mol. The Balaban J connectivity index is 1.43. The van der Waals surface area contributed by atoms with Crippen molar-refractivity contribution in [2.24, 2.45) is 0 Å². The van der Waals surface area contributed by atoms with E-state index in [-0.39, 0.29) is 6.03 Å². The molecule has 4 rings (SSSR count). The molecule has 0 saturated heterocycles. The van der Waals surface area contributed by atoms with Crippen molar-refractivity contribution in [3.8, 4) is 0 Å². The highest BCUT2D eigenvalue weighted by Crippen LogP contribution is 2.31. The van der Waals surface area contributed by atoms with Crippen LogP contribution in [0.2, 0.25) is 0 Å². The van der Waals surface area contributed by atoms with Gasteiger partial charge in [0.2, 0.25) is 0 Å². The maximum Gasteiger partial charge on any atom is 0.319 e. The number of fused-ring (bicyclic) bond motifs is 1. The lowest BCUT2D eigenvalue weighted by Crippen LogP contribution is -2.31. The second kappa shape index (κ2) is 8.64. The topological polar surface area (TPSA) is 71.8 Å². The molecule has 0 atom stereocenters. The summed E-state index contributed by atoms with van der Waals surface area (Å²) in [5, 5.41) is 5.89. The number of hydrogen-bond acceptors (Lipinski definition) is 3. The summed E-state index contributed by atoms with van der Waals surface area (Å²) < 4.78 is 2.32. The zero-order chi connectivity index (χ0) is 20.2. The number of hydrogen-bond donors (Lipinski definition) is 2. The number of carbonyl (C=O) groups excluding carboxylic acids is 1. The van der Waals surface area contributed by atoms with Crippen LogP contribution in [-0.4, -0.2) is 27.1 Å². The Hall–Kier alpha value is -2.89. The van der Waals surface area contributed by atoms with Gasteiger partial charge >= 0.3 is 6.03 Å². The molecule has 2 amide bonds. The first-order valence-corrected chi connectivity index (χ1v) is 10.5. The van der Waals surface area contributed by atoms with E-state index in [2.05, 4.69) is 26.3 Å². The van der Waals surface area contributed by atoms with Gasteiger partial charge in [-0.15, -0.1) is 0 Å². The standard InChI is InChI=1S/C23H29N5O/c1-16-13-17(2)15-18(14-16)26-23(29)25-12-10-21-27-20-9-6-11-24-22(20)28(21)19-7-4-3-5-8-19/h6,9,11,13-15,19H,3-5,7-8,10,12H2,1-2H3,(H2,25,26,29). The van der Waals surface area contributed by atoms with Crippen LogP contribution in [0, 0.1) is 13.8 Å². The first-order chi connectivity index (χ1) is 14.1. The Morgan fingerprint density at radius 3 is 2.66 bits per heavy atom. The SMILES string of the molecule is Cc1cc(C)cc(NC(=O)NCCc2nc3cccnc3n2C2CCCCC2)c1. The molecule has 1 saturated carbocycles. The highest BCUT2D eigenvalue weighted by Gasteiger charge is 2.21. The second-order valence-corrected chi connectivity index (χ2v) is 8.04. The number of anilines is 1. The maximum atomic E-state index is 12.3. The molecule has 2 N–H and O–H groups in total. The van der Waals surface area contributed by atoms with E-state index in [9.17, 15) is 4.79 Å². The van der Waals surface area contributed by atoms with Crippen LogP contribution in [0.1, 0.15) is 55.1 Å². The third-order valence-electron chi connectivity index (χ3n) is 5.58. The van der Waals surface area contributed by atoms with Crippen LogP contribution in [0.4, 0.5) is 10.5 Å². The number of aromatic nitrogens is 3. The summed E-state index contributed by atoms with van der Waals surface area (Å²) in [6.45, 7) is 4.59. The van der Waals surface area contributed by atoms with Gasteiger partial charge in [0.25, 0.3) is 0 Å². The normalized spacial score (nSPS) is 14.8. The van der Waals surface area contributed by atoms with Crippen molar-refractivity contribution in [1.29, 1.82) is 0 Å². The number of nitrogens with zero attached hydrogens (tertiary/aromatic N) is 3. The first kappa shape index (κ1) is 19.4. The molecule has 152 valence electrons. The fourth-order valence-corrected chi connectivity index (χ4v) is 4.39. The van der Waals surface area contributed by atoms with E-state index in [1.54, 1.807) is 0 Å². The minimum absolute atomic E-state index is 0.187. The van der Waals surface area contributed by atoms with Gasteiger partial charge in [0, 0.05) is 30.9 Å². The number of carbonyl (C=O) groups is 1. The summed E-state index contributed by atoms with van der Waals surface area (Å²) in [6, 6.07) is 10.3. The van der Waals surface area contributed by atoms with Crippen molar-refractivity contribution in [2.75, 3.05) is 11.9 Å². The third-order valence-corrected chi connectivity index (χ3v) is 5.58. The van der Waals surface area contributed by atoms with Crippen LogP contribution < -0.4 is 10.6 Å². The lowest BCUT2D eigenvalue weighted by atomic mass is 9.95. The Morgan fingerprint density at radius 1 is 1.14 bits per heavy atom. The molecular formula is C23H29N5O. The highest BCUT2D eigenvalue weighted by molar-refractivity contribution is 5.89. The van der Waals surface area contributed by atoms with Crippen molar-refractivity contribution < 1.29 is 4.79 Å². The van der Waals surface area contributed by atoms with Crippen molar-refractivity contribution in [1.82, 2.24) is 19.9 Å². The van der Waals surface area contributed by atoms with Crippen LogP contribution in [-0.2, 0) is 6.42 Å². The Bertz CT molecular complexity index is 983. The largest absolute Gasteiger partial charge is 0.337 e. The fourth-order valence-electron chi connectivity index (χ4n) is 4.39. The van der Waals surface area contributed by atoms with Gasteiger partial charge in [-0.3, -0.25) is 0 Å². The molecule has 0 unspecified atom stereocenters. The monoisotopic (exact) mass is 391 g/mol. The van der Waals surface area contributed by atoms with Crippen LogP contribution in [0.3, 0.4) is 0 Å².